The summed E-state index contributed by atoms with van der Waals surface area (Å²) < 4.78 is 5.74. The van der Waals surface area contributed by atoms with Crippen LogP contribution in [0.15, 0.2) is 4.42 Å². The number of thioether (sulfide) groups is 1. The van der Waals surface area contributed by atoms with Crippen molar-refractivity contribution in [3.05, 3.63) is 22.6 Å². The fraction of sp³-hybridized carbons (Fsp3) is 0.545. The van der Waals surface area contributed by atoms with E-state index in [0.717, 1.165) is 34.2 Å². The van der Waals surface area contributed by atoms with Crippen molar-refractivity contribution in [1.82, 2.24) is 0 Å². The van der Waals surface area contributed by atoms with E-state index in [1.807, 2.05) is 13.8 Å². The Morgan fingerprint density at radius 3 is 2.87 bits per heavy atom. The van der Waals surface area contributed by atoms with Gasteiger partial charge in [0.1, 0.15) is 11.5 Å². The van der Waals surface area contributed by atoms with Crippen LogP contribution in [0.5, 0.6) is 0 Å². The van der Waals surface area contributed by atoms with Gasteiger partial charge in [-0.05, 0) is 0 Å². The Morgan fingerprint density at radius 2 is 2.27 bits per heavy atom. The predicted molar refractivity (Wildman–Crippen MR) is 59.1 cm³/mol. The van der Waals surface area contributed by atoms with E-state index >= 15 is 0 Å². The maximum atomic E-state index is 10.8. The number of fused-ring (bicyclic) bond motifs is 1. The largest absolute Gasteiger partial charge is 0.481 e. The third kappa shape index (κ3) is 1.91. The van der Waals surface area contributed by atoms with Gasteiger partial charge in [-0.15, -0.1) is 11.8 Å². The highest BCUT2D eigenvalue weighted by Gasteiger charge is 2.26. The molecule has 2 rings (SSSR count). The molecule has 1 aliphatic heterocycles. The second-order valence-electron chi connectivity index (χ2n) is 4.06. The van der Waals surface area contributed by atoms with Crippen molar-refractivity contribution < 1.29 is 14.3 Å². The topological polar surface area (TPSA) is 50.4 Å². The average Bonchev–Trinajstić information content (AvgIpc) is 2.66. The molecule has 82 valence electrons. The standard InChI is InChI=1S/C11H14O3S/c1-6(2)11-7(3-10(12)13)8-4-15-5-9(8)14-11/h6H,3-5H2,1-2H3,(H,12,13). The summed E-state index contributed by atoms with van der Waals surface area (Å²) in [6.07, 6.45) is 0.0902. The Hall–Kier alpha value is -0.900. The summed E-state index contributed by atoms with van der Waals surface area (Å²) in [6, 6.07) is 0. The lowest BCUT2D eigenvalue weighted by Gasteiger charge is -2.05. The summed E-state index contributed by atoms with van der Waals surface area (Å²) in [5, 5.41) is 8.87. The number of furan rings is 1. The summed E-state index contributed by atoms with van der Waals surface area (Å²) in [6.45, 7) is 4.07. The van der Waals surface area contributed by atoms with Crippen LogP contribution in [-0.2, 0) is 22.7 Å². The first kappa shape index (κ1) is 10.6. The van der Waals surface area contributed by atoms with Crippen LogP contribution in [0.3, 0.4) is 0 Å². The van der Waals surface area contributed by atoms with Crippen LogP contribution in [0.4, 0.5) is 0 Å². The van der Waals surface area contributed by atoms with Crippen molar-refractivity contribution in [3.63, 3.8) is 0 Å². The Balaban J connectivity index is 2.43. The first-order valence-corrected chi connectivity index (χ1v) is 6.18. The number of rotatable bonds is 3. The third-order valence-corrected chi connectivity index (χ3v) is 3.52. The summed E-state index contributed by atoms with van der Waals surface area (Å²) in [4.78, 5) is 10.8. The van der Waals surface area contributed by atoms with Crippen LogP contribution in [0.1, 0.15) is 42.4 Å². The Kier molecular flexibility index (Phi) is 2.78. The van der Waals surface area contributed by atoms with Crippen LogP contribution in [0, 0.1) is 0 Å². The number of hydrogen-bond donors (Lipinski definition) is 1. The molecule has 1 N–H and O–H groups in total. The quantitative estimate of drug-likeness (QED) is 0.861. The summed E-state index contributed by atoms with van der Waals surface area (Å²) >= 11 is 1.78. The number of carboxylic acids is 1. The van der Waals surface area contributed by atoms with Gasteiger partial charge < -0.3 is 9.52 Å². The highest BCUT2D eigenvalue weighted by atomic mass is 32.2. The molecule has 0 aliphatic carbocycles. The molecule has 1 aliphatic rings. The van der Waals surface area contributed by atoms with Gasteiger partial charge in [-0.3, -0.25) is 4.79 Å². The molecule has 0 unspecified atom stereocenters. The molecule has 0 saturated carbocycles. The molecular formula is C11H14O3S. The van der Waals surface area contributed by atoms with Crippen molar-refractivity contribution >= 4 is 17.7 Å². The maximum Gasteiger partial charge on any atom is 0.307 e. The van der Waals surface area contributed by atoms with Gasteiger partial charge in [0, 0.05) is 22.8 Å². The van der Waals surface area contributed by atoms with Crippen molar-refractivity contribution in [2.24, 2.45) is 0 Å². The zero-order valence-electron chi connectivity index (χ0n) is 8.87. The van der Waals surface area contributed by atoms with Crippen molar-refractivity contribution in [1.29, 1.82) is 0 Å². The first-order valence-electron chi connectivity index (χ1n) is 5.02. The van der Waals surface area contributed by atoms with Crippen molar-refractivity contribution in [2.75, 3.05) is 0 Å². The maximum absolute atomic E-state index is 10.8. The molecule has 0 aromatic carbocycles. The van der Waals surface area contributed by atoms with Crippen LogP contribution in [-0.4, -0.2) is 11.1 Å². The zero-order valence-corrected chi connectivity index (χ0v) is 9.69. The monoisotopic (exact) mass is 226 g/mol. The van der Waals surface area contributed by atoms with E-state index in [0.29, 0.717) is 0 Å². The number of hydrogen-bond acceptors (Lipinski definition) is 3. The third-order valence-electron chi connectivity index (χ3n) is 2.56. The van der Waals surface area contributed by atoms with E-state index in [4.69, 9.17) is 9.52 Å². The SMILES string of the molecule is CC(C)c1oc2c(c1CC(=O)O)CSC2. The van der Waals surface area contributed by atoms with Gasteiger partial charge in [0.2, 0.25) is 0 Å². The van der Waals surface area contributed by atoms with E-state index < -0.39 is 5.97 Å². The van der Waals surface area contributed by atoms with Crippen molar-refractivity contribution in [2.45, 2.75) is 37.7 Å². The molecule has 4 heteroatoms. The van der Waals surface area contributed by atoms with E-state index in [1.165, 1.54) is 0 Å². The van der Waals surface area contributed by atoms with Crippen LogP contribution >= 0.6 is 11.8 Å². The van der Waals surface area contributed by atoms with Crippen LogP contribution in [0.25, 0.3) is 0 Å². The van der Waals surface area contributed by atoms with Crippen molar-refractivity contribution in [3.8, 4) is 0 Å². The summed E-state index contributed by atoms with van der Waals surface area (Å²) in [7, 11) is 0. The lowest BCUT2D eigenvalue weighted by molar-refractivity contribution is -0.136. The van der Waals surface area contributed by atoms with Gasteiger partial charge in [-0.1, -0.05) is 13.8 Å². The smallest absolute Gasteiger partial charge is 0.307 e. The molecule has 0 atom stereocenters. The second kappa shape index (κ2) is 3.93. The Morgan fingerprint density at radius 1 is 1.53 bits per heavy atom. The minimum absolute atomic E-state index is 0.0902. The molecule has 1 aromatic heterocycles. The second-order valence-corrected chi connectivity index (χ2v) is 5.05. The van der Waals surface area contributed by atoms with E-state index in [-0.39, 0.29) is 12.3 Å². The van der Waals surface area contributed by atoms with E-state index in [1.54, 1.807) is 11.8 Å². The lowest BCUT2D eigenvalue weighted by atomic mass is 10.0. The number of carbonyl (C=O) groups is 1. The van der Waals surface area contributed by atoms with Crippen LogP contribution < -0.4 is 0 Å². The van der Waals surface area contributed by atoms with Gasteiger partial charge >= 0.3 is 5.97 Å². The molecule has 0 radical (unpaired) electrons. The zero-order chi connectivity index (χ0) is 11.0. The first-order chi connectivity index (χ1) is 7.09. The minimum Gasteiger partial charge on any atom is -0.481 e. The molecular weight excluding hydrogens is 212 g/mol. The van der Waals surface area contributed by atoms with Gasteiger partial charge in [0.05, 0.1) is 12.2 Å². The molecule has 0 spiro atoms. The molecule has 3 nitrogen and oxygen atoms in total. The highest BCUT2D eigenvalue weighted by Crippen LogP contribution is 2.38. The molecule has 2 heterocycles. The summed E-state index contributed by atoms with van der Waals surface area (Å²) in [5.74, 6) is 3.11. The fourth-order valence-electron chi connectivity index (χ4n) is 1.91. The molecule has 0 saturated heterocycles. The normalized spacial score (nSPS) is 14.6. The van der Waals surface area contributed by atoms with E-state index in [2.05, 4.69) is 0 Å². The molecule has 15 heavy (non-hydrogen) atoms. The Bertz CT molecular complexity index is 393. The van der Waals surface area contributed by atoms with Gasteiger partial charge in [-0.25, -0.2) is 0 Å². The van der Waals surface area contributed by atoms with Crippen LogP contribution in [0.2, 0.25) is 0 Å². The highest BCUT2D eigenvalue weighted by molar-refractivity contribution is 7.98. The predicted octanol–water partition coefficient (Wildman–Crippen LogP) is 2.78. The average molecular weight is 226 g/mol. The molecule has 1 aromatic rings. The Labute approximate surface area is 92.9 Å². The molecule has 0 amide bonds. The molecule has 0 bridgehead atoms. The number of carboxylic acid groups (broad SMARTS) is 1. The fourth-order valence-corrected chi connectivity index (χ4v) is 2.97. The van der Waals surface area contributed by atoms with E-state index in [9.17, 15) is 4.79 Å². The lowest BCUT2D eigenvalue weighted by Crippen LogP contribution is -2.04. The number of aliphatic carboxylic acids is 1. The van der Waals surface area contributed by atoms with Gasteiger partial charge in [-0.2, -0.15) is 0 Å². The molecule has 0 fully saturated rings. The minimum atomic E-state index is -0.780. The summed E-state index contributed by atoms with van der Waals surface area (Å²) in [5.41, 5.74) is 2.05. The van der Waals surface area contributed by atoms with Gasteiger partial charge in [0.15, 0.2) is 0 Å². The van der Waals surface area contributed by atoms with Gasteiger partial charge in [0.25, 0.3) is 0 Å².